The molecule has 1 aliphatic heterocycles. The van der Waals surface area contributed by atoms with Crippen LogP contribution in [0.15, 0.2) is 0 Å². The second kappa shape index (κ2) is 5.17. The Morgan fingerprint density at radius 1 is 1.11 bits per heavy atom. The van der Waals surface area contributed by atoms with Gasteiger partial charge in [0.2, 0.25) is 5.91 Å². The van der Waals surface area contributed by atoms with E-state index in [2.05, 4.69) is 0 Å². The van der Waals surface area contributed by atoms with Gasteiger partial charge < -0.3 is 10.6 Å². The molecule has 1 saturated carbocycles. The first-order chi connectivity index (χ1) is 8.40. The van der Waals surface area contributed by atoms with Gasteiger partial charge in [-0.3, -0.25) is 4.79 Å². The van der Waals surface area contributed by atoms with E-state index in [4.69, 9.17) is 5.73 Å². The largest absolute Gasteiger partial charge is 0.341 e. The molecule has 0 aromatic carbocycles. The molecule has 2 aliphatic rings. The maximum atomic E-state index is 12.1. The van der Waals surface area contributed by atoms with Crippen molar-refractivity contribution in [2.45, 2.75) is 44.1 Å². The fraction of sp³-hybridized carbons (Fsp3) is 0.917. The summed E-state index contributed by atoms with van der Waals surface area (Å²) >= 11 is 0. The minimum absolute atomic E-state index is 0.0225. The fourth-order valence-corrected chi connectivity index (χ4v) is 4.01. The summed E-state index contributed by atoms with van der Waals surface area (Å²) in [5.74, 6) is 0.210. The van der Waals surface area contributed by atoms with Crippen molar-refractivity contribution in [2.24, 2.45) is 5.73 Å². The van der Waals surface area contributed by atoms with Crippen LogP contribution in [-0.2, 0) is 14.6 Å². The van der Waals surface area contributed by atoms with E-state index in [-0.39, 0.29) is 23.0 Å². The van der Waals surface area contributed by atoms with Crippen LogP contribution >= 0.6 is 0 Å². The molecule has 0 spiro atoms. The van der Waals surface area contributed by atoms with Crippen molar-refractivity contribution < 1.29 is 13.2 Å². The molecule has 0 atom stereocenters. The first-order valence-corrected chi connectivity index (χ1v) is 8.50. The average Bonchev–Trinajstić information content (AvgIpc) is 2.29. The van der Waals surface area contributed by atoms with Crippen molar-refractivity contribution in [3.63, 3.8) is 0 Å². The van der Waals surface area contributed by atoms with Gasteiger partial charge in [-0.25, -0.2) is 8.42 Å². The number of amides is 1. The number of carbonyl (C=O) groups is 1. The average molecular weight is 274 g/mol. The molecule has 2 rings (SSSR count). The lowest BCUT2D eigenvalue weighted by Gasteiger charge is -2.35. The standard InChI is InChI=1S/C12H22N2O3S/c13-12(4-2-1-3-5-12)10-11(15)14-6-8-18(16,17)9-7-14/h1-10,13H2. The molecule has 0 aromatic rings. The summed E-state index contributed by atoms with van der Waals surface area (Å²) in [7, 11) is -2.92. The number of carbonyl (C=O) groups excluding carboxylic acids is 1. The summed E-state index contributed by atoms with van der Waals surface area (Å²) in [6, 6.07) is 0. The Hall–Kier alpha value is -0.620. The van der Waals surface area contributed by atoms with Gasteiger partial charge in [0, 0.05) is 25.0 Å². The van der Waals surface area contributed by atoms with Crippen molar-refractivity contribution in [1.29, 1.82) is 0 Å². The highest BCUT2D eigenvalue weighted by molar-refractivity contribution is 7.91. The van der Waals surface area contributed by atoms with Gasteiger partial charge in [0.25, 0.3) is 0 Å². The van der Waals surface area contributed by atoms with Crippen molar-refractivity contribution in [2.75, 3.05) is 24.6 Å². The predicted octanol–water partition coefficient (Wildman–Crippen LogP) is 0.295. The molecule has 2 N–H and O–H groups in total. The second-order valence-electron chi connectivity index (χ2n) is 5.63. The number of hydrogen-bond donors (Lipinski definition) is 1. The third-order valence-corrected chi connectivity index (χ3v) is 5.66. The minimum Gasteiger partial charge on any atom is -0.341 e. The second-order valence-corrected chi connectivity index (χ2v) is 7.94. The van der Waals surface area contributed by atoms with Crippen molar-refractivity contribution in [1.82, 2.24) is 4.90 Å². The Kier molecular flexibility index (Phi) is 3.96. The van der Waals surface area contributed by atoms with Gasteiger partial charge in [0.1, 0.15) is 0 Å². The van der Waals surface area contributed by atoms with E-state index in [0.717, 1.165) is 25.7 Å². The zero-order valence-electron chi connectivity index (χ0n) is 10.7. The summed E-state index contributed by atoms with van der Waals surface area (Å²) in [5.41, 5.74) is 5.90. The van der Waals surface area contributed by atoms with Crippen molar-refractivity contribution in [3.05, 3.63) is 0 Å². The van der Waals surface area contributed by atoms with Crippen LogP contribution in [0.5, 0.6) is 0 Å². The third-order valence-electron chi connectivity index (χ3n) is 4.05. The van der Waals surface area contributed by atoms with Crippen LogP contribution in [0.3, 0.4) is 0 Å². The molecular weight excluding hydrogens is 252 g/mol. The third kappa shape index (κ3) is 3.45. The Bertz CT molecular complexity index is 399. The van der Waals surface area contributed by atoms with Crippen LogP contribution in [0.1, 0.15) is 38.5 Å². The first kappa shape index (κ1) is 13.8. The summed E-state index contributed by atoms with van der Waals surface area (Å²) in [4.78, 5) is 13.8. The molecule has 0 unspecified atom stereocenters. The summed E-state index contributed by atoms with van der Waals surface area (Å²) in [6.07, 6.45) is 5.58. The van der Waals surface area contributed by atoms with Gasteiger partial charge in [-0.1, -0.05) is 19.3 Å². The van der Waals surface area contributed by atoms with Gasteiger partial charge in [0.15, 0.2) is 9.84 Å². The maximum Gasteiger partial charge on any atom is 0.224 e. The molecule has 1 saturated heterocycles. The topological polar surface area (TPSA) is 80.5 Å². The Morgan fingerprint density at radius 3 is 2.22 bits per heavy atom. The summed E-state index contributed by atoms with van der Waals surface area (Å²) < 4.78 is 22.6. The fourth-order valence-electron chi connectivity index (χ4n) is 2.81. The van der Waals surface area contributed by atoms with Crippen LogP contribution in [-0.4, -0.2) is 49.4 Å². The van der Waals surface area contributed by atoms with Gasteiger partial charge in [-0.2, -0.15) is 0 Å². The molecule has 0 bridgehead atoms. The van der Waals surface area contributed by atoms with E-state index in [0.29, 0.717) is 19.5 Å². The molecule has 0 radical (unpaired) electrons. The van der Waals surface area contributed by atoms with Crippen LogP contribution in [0.25, 0.3) is 0 Å². The quantitative estimate of drug-likeness (QED) is 0.785. The lowest BCUT2D eigenvalue weighted by Crippen LogP contribution is -2.50. The number of nitrogens with two attached hydrogens (primary N) is 1. The number of nitrogens with zero attached hydrogens (tertiary/aromatic N) is 1. The molecule has 5 nitrogen and oxygen atoms in total. The zero-order valence-corrected chi connectivity index (χ0v) is 11.5. The van der Waals surface area contributed by atoms with Crippen molar-refractivity contribution >= 4 is 15.7 Å². The molecular formula is C12H22N2O3S. The number of rotatable bonds is 2. The molecule has 1 heterocycles. The van der Waals surface area contributed by atoms with Crippen LogP contribution in [0, 0.1) is 0 Å². The van der Waals surface area contributed by atoms with E-state index in [1.165, 1.54) is 6.42 Å². The van der Waals surface area contributed by atoms with Crippen LogP contribution in [0.2, 0.25) is 0 Å². The van der Waals surface area contributed by atoms with Crippen LogP contribution in [0.4, 0.5) is 0 Å². The number of hydrogen-bond acceptors (Lipinski definition) is 4. The Morgan fingerprint density at radius 2 is 1.67 bits per heavy atom. The van der Waals surface area contributed by atoms with E-state index < -0.39 is 9.84 Å². The first-order valence-electron chi connectivity index (χ1n) is 6.67. The van der Waals surface area contributed by atoms with Gasteiger partial charge in [0.05, 0.1) is 11.5 Å². The van der Waals surface area contributed by atoms with Gasteiger partial charge in [-0.15, -0.1) is 0 Å². The highest BCUT2D eigenvalue weighted by Gasteiger charge is 2.33. The molecule has 6 heteroatoms. The SMILES string of the molecule is NC1(CC(=O)N2CCS(=O)(=O)CC2)CCCCC1. The highest BCUT2D eigenvalue weighted by atomic mass is 32.2. The minimum atomic E-state index is -2.92. The lowest BCUT2D eigenvalue weighted by atomic mass is 9.80. The zero-order chi connectivity index (χ0) is 13.2. The predicted molar refractivity (Wildman–Crippen MR) is 69.9 cm³/mol. The van der Waals surface area contributed by atoms with Crippen LogP contribution < -0.4 is 5.73 Å². The molecule has 18 heavy (non-hydrogen) atoms. The lowest BCUT2D eigenvalue weighted by molar-refractivity contribution is -0.132. The van der Waals surface area contributed by atoms with E-state index >= 15 is 0 Å². The van der Waals surface area contributed by atoms with Gasteiger partial charge >= 0.3 is 0 Å². The molecule has 2 fully saturated rings. The molecule has 1 aliphatic carbocycles. The highest BCUT2D eigenvalue weighted by Crippen LogP contribution is 2.29. The molecule has 0 aromatic heterocycles. The Balaban J connectivity index is 1.88. The van der Waals surface area contributed by atoms with E-state index in [1.54, 1.807) is 4.90 Å². The maximum absolute atomic E-state index is 12.1. The van der Waals surface area contributed by atoms with Gasteiger partial charge in [-0.05, 0) is 12.8 Å². The van der Waals surface area contributed by atoms with E-state index in [1.807, 2.05) is 0 Å². The summed E-state index contributed by atoms with van der Waals surface area (Å²) in [5, 5.41) is 0. The Labute approximate surface area is 109 Å². The summed E-state index contributed by atoms with van der Waals surface area (Å²) in [6.45, 7) is 0.661. The molecule has 104 valence electrons. The number of sulfone groups is 1. The van der Waals surface area contributed by atoms with E-state index in [9.17, 15) is 13.2 Å². The normalized spacial score (nSPS) is 26.8. The molecule has 1 amide bonds. The monoisotopic (exact) mass is 274 g/mol. The smallest absolute Gasteiger partial charge is 0.224 e. The van der Waals surface area contributed by atoms with Crippen molar-refractivity contribution in [3.8, 4) is 0 Å².